The van der Waals surface area contributed by atoms with Gasteiger partial charge >= 0.3 is 0 Å². The maximum Gasteiger partial charge on any atom is 0.221 e. The molecule has 4 heteroatoms. The number of carbonyl (C=O) groups excluding carboxylic acids is 1. The molecule has 0 spiro atoms. The minimum atomic E-state index is -0.353. The van der Waals surface area contributed by atoms with Gasteiger partial charge in [0.25, 0.3) is 0 Å². The van der Waals surface area contributed by atoms with Crippen molar-refractivity contribution < 1.29 is 18.3 Å². The van der Waals surface area contributed by atoms with Crippen molar-refractivity contribution in [1.29, 1.82) is 0 Å². The SMILES string of the molecule is COc1ccc(C=CC(=O)c2oc3ccc(F)cc3c2C)cc1. The molecule has 0 amide bonds. The number of methoxy groups -OCH3 is 1. The van der Waals surface area contributed by atoms with E-state index in [4.69, 9.17) is 9.15 Å². The highest BCUT2D eigenvalue weighted by atomic mass is 19.1. The third-order valence-electron chi connectivity index (χ3n) is 3.66. The van der Waals surface area contributed by atoms with Gasteiger partial charge in [-0.3, -0.25) is 4.79 Å². The van der Waals surface area contributed by atoms with Crippen LogP contribution in [0.4, 0.5) is 4.39 Å². The van der Waals surface area contributed by atoms with E-state index < -0.39 is 0 Å². The number of ether oxygens (including phenoxy) is 1. The second-order valence-electron chi connectivity index (χ2n) is 5.17. The molecule has 0 saturated heterocycles. The molecule has 2 aromatic carbocycles. The molecule has 0 N–H and O–H groups in total. The van der Waals surface area contributed by atoms with Crippen molar-refractivity contribution in [3.8, 4) is 5.75 Å². The topological polar surface area (TPSA) is 39.4 Å². The Labute approximate surface area is 133 Å². The van der Waals surface area contributed by atoms with E-state index in [-0.39, 0.29) is 17.4 Å². The average molecular weight is 310 g/mol. The van der Waals surface area contributed by atoms with Crippen LogP contribution >= 0.6 is 0 Å². The van der Waals surface area contributed by atoms with E-state index >= 15 is 0 Å². The molecule has 3 nitrogen and oxygen atoms in total. The molecule has 0 aliphatic rings. The van der Waals surface area contributed by atoms with Gasteiger partial charge in [-0.05, 0) is 48.9 Å². The largest absolute Gasteiger partial charge is 0.497 e. The molecule has 23 heavy (non-hydrogen) atoms. The van der Waals surface area contributed by atoms with E-state index in [1.165, 1.54) is 24.3 Å². The van der Waals surface area contributed by atoms with E-state index in [9.17, 15) is 9.18 Å². The zero-order chi connectivity index (χ0) is 16.4. The molecular weight excluding hydrogens is 295 g/mol. The molecule has 0 unspecified atom stereocenters. The standard InChI is InChI=1S/C19H15FO3/c1-12-16-11-14(20)6-10-18(16)23-19(12)17(21)9-5-13-3-7-15(22-2)8-4-13/h3-11H,1-2H3. The molecule has 3 aromatic rings. The Kier molecular flexibility index (Phi) is 3.98. The van der Waals surface area contributed by atoms with Crippen LogP contribution in [-0.2, 0) is 0 Å². The maximum absolute atomic E-state index is 13.3. The van der Waals surface area contributed by atoms with Gasteiger partial charge in [-0.15, -0.1) is 0 Å². The number of carbonyl (C=O) groups is 1. The summed E-state index contributed by atoms with van der Waals surface area (Å²) in [7, 11) is 1.60. The fourth-order valence-electron chi connectivity index (χ4n) is 2.39. The van der Waals surface area contributed by atoms with Gasteiger partial charge < -0.3 is 9.15 Å². The number of fused-ring (bicyclic) bond motifs is 1. The summed E-state index contributed by atoms with van der Waals surface area (Å²) >= 11 is 0. The van der Waals surface area contributed by atoms with Crippen molar-refractivity contribution in [2.45, 2.75) is 6.92 Å². The minimum absolute atomic E-state index is 0.232. The number of ketones is 1. The molecule has 1 heterocycles. The fourth-order valence-corrected chi connectivity index (χ4v) is 2.39. The molecular formula is C19H15FO3. The fraction of sp³-hybridized carbons (Fsp3) is 0.105. The predicted octanol–water partition coefficient (Wildman–Crippen LogP) is 4.79. The lowest BCUT2D eigenvalue weighted by Crippen LogP contribution is -1.94. The van der Waals surface area contributed by atoms with Crippen LogP contribution in [0.5, 0.6) is 5.75 Å². The lowest BCUT2D eigenvalue weighted by atomic mass is 10.1. The average Bonchev–Trinajstić information content (AvgIpc) is 2.90. The monoisotopic (exact) mass is 310 g/mol. The lowest BCUT2D eigenvalue weighted by Gasteiger charge is -1.98. The van der Waals surface area contributed by atoms with Crippen molar-refractivity contribution in [2.24, 2.45) is 0 Å². The molecule has 0 atom stereocenters. The Balaban J connectivity index is 1.87. The van der Waals surface area contributed by atoms with Crippen molar-refractivity contribution >= 4 is 22.8 Å². The van der Waals surface area contributed by atoms with Crippen LogP contribution in [0.2, 0.25) is 0 Å². The number of furan rings is 1. The van der Waals surface area contributed by atoms with Gasteiger partial charge in [0.1, 0.15) is 17.1 Å². The number of hydrogen-bond donors (Lipinski definition) is 0. The summed E-state index contributed by atoms with van der Waals surface area (Å²) in [5.74, 6) is 0.378. The highest BCUT2D eigenvalue weighted by Gasteiger charge is 2.15. The Morgan fingerprint density at radius 2 is 1.91 bits per heavy atom. The summed E-state index contributed by atoms with van der Waals surface area (Å²) in [4.78, 5) is 12.3. The van der Waals surface area contributed by atoms with Gasteiger partial charge in [0, 0.05) is 10.9 Å². The molecule has 1 aromatic heterocycles. The second-order valence-corrected chi connectivity index (χ2v) is 5.17. The second kappa shape index (κ2) is 6.08. The van der Waals surface area contributed by atoms with Gasteiger partial charge in [0.15, 0.2) is 5.76 Å². The predicted molar refractivity (Wildman–Crippen MR) is 87.3 cm³/mol. The van der Waals surface area contributed by atoms with Crippen LogP contribution in [0.25, 0.3) is 17.0 Å². The third kappa shape index (κ3) is 3.01. The molecule has 0 radical (unpaired) electrons. The highest BCUT2D eigenvalue weighted by molar-refractivity contribution is 6.08. The smallest absolute Gasteiger partial charge is 0.221 e. The van der Waals surface area contributed by atoms with Gasteiger partial charge in [-0.1, -0.05) is 18.2 Å². The Hall–Kier alpha value is -2.88. The molecule has 0 aliphatic carbocycles. The molecule has 0 aliphatic heterocycles. The first-order valence-corrected chi connectivity index (χ1v) is 7.13. The Morgan fingerprint density at radius 1 is 1.17 bits per heavy atom. The number of benzene rings is 2. The van der Waals surface area contributed by atoms with Crippen LogP contribution in [0.15, 0.2) is 53.0 Å². The zero-order valence-corrected chi connectivity index (χ0v) is 12.8. The first-order chi connectivity index (χ1) is 11.1. The van der Waals surface area contributed by atoms with E-state index in [1.54, 1.807) is 20.1 Å². The van der Waals surface area contributed by atoms with Gasteiger partial charge in [-0.25, -0.2) is 4.39 Å². The van der Waals surface area contributed by atoms with Gasteiger partial charge in [0.2, 0.25) is 5.78 Å². The highest BCUT2D eigenvalue weighted by Crippen LogP contribution is 2.26. The van der Waals surface area contributed by atoms with Crippen molar-refractivity contribution in [2.75, 3.05) is 7.11 Å². The molecule has 0 saturated carbocycles. The van der Waals surface area contributed by atoms with Crippen LogP contribution in [0, 0.1) is 12.7 Å². The zero-order valence-electron chi connectivity index (χ0n) is 12.8. The van der Waals surface area contributed by atoms with Crippen LogP contribution in [-0.4, -0.2) is 12.9 Å². The van der Waals surface area contributed by atoms with Crippen LogP contribution < -0.4 is 4.74 Å². The van der Waals surface area contributed by atoms with E-state index in [0.29, 0.717) is 16.5 Å². The lowest BCUT2D eigenvalue weighted by molar-refractivity contribution is 0.102. The number of aryl methyl sites for hydroxylation is 1. The number of hydrogen-bond acceptors (Lipinski definition) is 3. The summed E-state index contributed by atoms with van der Waals surface area (Å²) in [6.45, 7) is 1.75. The number of rotatable bonds is 4. The van der Waals surface area contributed by atoms with Crippen LogP contribution in [0.3, 0.4) is 0 Å². The van der Waals surface area contributed by atoms with E-state index in [1.807, 2.05) is 24.3 Å². The summed E-state index contributed by atoms with van der Waals surface area (Å²) in [5, 5.41) is 0.617. The number of halogens is 1. The first-order valence-electron chi connectivity index (χ1n) is 7.13. The minimum Gasteiger partial charge on any atom is -0.497 e. The summed E-state index contributed by atoms with van der Waals surface area (Å²) < 4.78 is 23.9. The van der Waals surface area contributed by atoms with E-state index in [0.717, 1.165) is 11.3 Å². The van der Waals surface area contributed by atoms with Gasteiger partial charge in [-0.2, -0.15) is 0 Å². The molecule has 116 valence electrons. The Bertz CT molecular complexity index is 889. The molecule has 0 bridgehead atoms. The summed E-state index contributed by atoms with van der Waals surface area (Å²) in [6.07, 6.45) is 3.15. The van der Waals surface area contributed by atoms with Crippen molar-refractivity contribution in [3.05, 3.63) is 71.2 Å². The third-order valence-corrected chi connectivity index (χ3v) is 3.66. The summed E-state index contributed by atoms with van der Waals surface area (Å²) in [5.41, 5.74) is 2.02. The quantitative estimate of drug-likeness (QED) is 0.514. The van der Waals surface area contributed by atoms with Gasteiger partial charge in [0.05, 0.1) is 7.11 Å². The first kappa shape index (κ1) is 15.0. The molecule has 0 fully saturated rings. The molecule has 3 rings (SSSR count). The number of allylic oxidation sites excluding steroid dienone is 1. The summed E-state index contributed by atoms with van der Waals surface area (Å²) in [6, 6.07) is 11.6. The Morgan fingerprint density at radius 3 is 2.61 bits per heavy atom. The van der Waals surface area contributed by atoms with Crippen molar-refractivity contribution in [1.82, 2.24) is 0 Å². The van der Waals surface area contributed by atoms with Crippen molar-refractivity contribution in [3.63, 3.8) is 0 Å². The normalized spacial score (nSPS) is 11.3. The van der Waals surface area contributed by atoms with E-state index in [2.05, 4.69) is 0 Å². The van der Waals surface area contributed by atoms with Crippen LogP contribution in [0.1, 0.15) is 21.7 Å². The maximum atomic E-state index is 13.3.